The molecule has 0 amide bonds. The summed E-state index contributed by atoms with van der Waals surface area (Å²) in [6.07, 6.45) is 3.53. The first-order chi connectivity index (χ1) is 12.8. The zero-order valence-corrected chi connectivity index (χ0v) is 17.5. The Morgan fingerprint density at radius 2 is 1.29 bits per heavy atom. The van der Waals surface area contributed by atoms with Gasteiger partial charge < -0.3 is 38.3 Å². The zero-order chi connectivity index (χ0) is 22.9. The molecule has 0 aromatic heterocycles. The molecule has 0 rings (SSSR count). The second-order valence-corrected chi connectivity index (χ2v) is 7.05. The van der Waals surface area contributed by atoms with Gasteiger partial charge in [-0.05, 0) is 37.6 Å². The first-order valence-electron chi connectivity index (χ1n) is 9.46. The third-order valence-electron chi connectivity index (χ3n) is 3.87. The molecule has 4 atom stereocenters. The molecular formula is C18H40N4O6. The van der Waals surface area contributed by atoms with Crippen LogP contribution in [-0.2, 0) is 14.4 Å². The average molecular weight is 409 g/mol. The van der Waals surface area contributed by atoms with Crippen molar-refractivity contribution in [2.75, 3.05) is 6.54 Å². The molecule has 0 aliphatic carbocycles. The second kappa shape index (κ2) is 18.6. The average Bonchev–Trinajstić information content (AvgIpc) is 2.60. The molecule has 0 heterocycles. The van der Waals surface area contributed by atoms with Crippen molar-refractivity contribution in [1.29, 1.82) is 0 Å². The minimum Gasteiger partial charge on any atom is -0.480 e. The Balaban J connectivity index is -0.000000336. The van der Waals surface area contributed by atoms with Crippen LogP contribution in [0.1, 0.15) is 59.8 Å². The number of unbranched alkanes of at least 4 members (excludes halogenated alkanes) is 1. The topological polar surface area (TPSA) is 216 Å². The molecule has 0 spiro atoms. The minimum atomic E-state index is -0.933. The summed E-state index contributed by atoms with van der Waals surface area (Å²) in [6, 6.07) is -2.11. The van der Waals surface area contributed by atoms with Crippen LogP contribution >= 0.6 is 0 Å². The van der Waals surface area contributed by atoms with E-state index in [1.165, 1.54) is 0 Å². The van der Waals surface area contributed by atoms with Crippen LogP contribution in [-0.4, -0.2) is 57.9 Å². The van der Waals surface area contributed by atoms with Gasteiger partial charge >= 0.3 is 17.9 Å². The van der Waals surface area contributed by atoms with Gasteiger partial charge in [-0.2, -0.15) is 0 Å². The highest BCUT2D eigenvalue weighted by atomic mass is 16.4. The van der Waals surface area contributed by atoms with Crippen LogP contribution in [0.4, 0.5) is 0 Å². The Morgan fingerprint density at radius 3 is 1.50 bits per heavy atom. The monoisotopic (exact) mass is 408 g/mol. The largest absolute Gasteiger partial charge is 0.480 e. The normalized spacial score (nSPS) is 14.5. The van der Waals surface area contributed by atoms with Gasteiger partial charge in [-0.15, -0.1) is 0 Å². The van der Waals surface area contributed by atoms with Crippen molar-refractivity contribution in [2.24, 2.45) is 34.8 Å². The maximum atomic E-state index is 10.2. The van der Waals surface area contributed by atoms with Crippen LogP contribution in [0.2, 0.25) is 0 Å². The third kappa shape index (κ3) is 20.6. The molecule has 0 aromatic rings. The summed E-state index contributed by atoms with van der Waals surface area (Å²) in [5.74, 6) is -2.33. The highest BCUT2D eigenvalue weighted by Crippen LogP contribution is 2.04. The van der Waals surface area contributed by atoms with E-state index in [9.17, 15) is 14.4 Å². The van der Waals surface area contributed by atoms with E-state index in [0.717, 1.165) is 19.3 Å². The Labute approximate surface area is 167 Å². The first-order valence-corrected chi connectivity index (χ1v) is 9.46. The summed E-state index contributed by atoms with van der Waals surface area (Å²) in [7, 11) is 0. The Kier molecular flexibility index (Phi) is 20.6. The SMILES string of the molecule is CC(C)CC(N)C(=O)O.CCC(C)C(N)C(=O)O.NCCCCC(N)C(=O)O. The van der Waals surface area contributed by atoms with Gasteiger partial charge in [0, 0.05) is 0 Å². The van der Waals surface area contributed by atoms with E-state index in [0.29, 0.717) is 25.3 Å². The van der Waals surface area contributed by atoms with Crippen LogP contribution in [0, 0.1) is 11.8 Å². The van der Waals surface area contributed by atoms with E-state index in [4.69, 9.17) is 38.3 Å². The molecule has 4 unspecified atom stereocenters. The number of hydrogen-bond donors (Lipinski definition) is 7. The number of carboxylic acid groups (broad SMARTS) is 3. The minimum absolute atomic E-state index is 0.0718. The Hall–Kier alpha value is -1.75. The Morgan fingerprint density at radius 1 is 0.821 bits per heavy atom. The van der Waals surface area contributed by atoms with Crippen LogP contribution in [0.5, 0.6) is 0 Å². The van der Waals surface area contributed by atoms with E-state index < -0.39 is 36.0 Å². The van der Waals surface area contributed by atoms with Crippen molar-refractivity contribution in [3.63, 3.8) is 0 Å². The quantitative estimate of drug-likeness (QED) is 0.234. The molecule has 10 nitrogen and oxygen atoms in total. The van der Waals surface area contributed by atoms with Gasteiger partial charge in [-0.25, -0.2) is 0 Å². The highest BCUT2D eigenvalue weighted by Gasteiger charge is 2.17. The predicted molar refractivity (Wildman–Crippen MR) is 109 cm³/mol. The Bertz CT molecular complexity index is 434. The summed E-state index contributed by atoms with van der Waals surface area (Å²) < 4.78 is 0. The van der Waals surface area contributed by atoms with Crippen molar-refractivity contribution >= 4 is 17.9 Å². The van der Waals surface area contributed by atoms with Crippen molar-refractivity contribution in [2.45, 2.75) is 77.9 Å². The zero-order valence-electron chi connectivity index (χ0n) is 17.5. The van der Waals surface area contributed by atoms with Crippen molar-refractivity contribution in [1.82, 2.24) is 0 Å². The lowest BCUT2D eigenvalue weighted by Crippen LogP contribution is -2.36. The summed E-state index contributed by atoms with van der Waals surface area (Å²) in [6.45, 7) is 8.25. The van der Waals surface area contributed by atoms with E-state index in [1.54, 1.807) is 0 Å². The van der Waals surface area contributed by atoms with Crippen molar-refractivity contribution in [3.8, 4) is 0 Å². The molecule has 0 aliphatic heterocycles. The number of hydrogen-bond acceptors (Lipinski definition) is 7. The molecule has 168 valence electrons. The van der Waals surface area contributed by atoms with Gasteiger partial charge in [-0.3, -0.25) is 14.4 Å². The highest BCUT2D eigenvalue weighted by molar-refractivity contribution is 5.73. The number of carboxylic acids is 3. The van der Waals surface area contributed by atoms with Gasteiger partial charge in [0.05, 0.1) is 0 Å². The summed E-state index contributed by atoms with van der Waals surface area (Å²) in [4.78, 5) is 30.4. The predicted octanol–water partition coefficient (Wildman–Crippen LogP) is 0.416. The fourth-order valence-electron chi connectivity index (χ4n) is 1.74. The van der Waals surface area contributed by atoms with Gasteiger partial charge in [-0.1, -0.05) is 40.5 Å². The molecule has 0 aromatic carbocycles. The molecule has 11 N–H and O–H groups in total. The molecular weight excluding hydrogens is 368 g/mol. The van der Waals surface area contributed by atoms with Crippen LogP contribution in [0.25, 0.3) is 0 Å². The van der Waals surface area contributed by atoms with Gasteiger partial charge in [0.15, 0.2) is 0 Å². The van der Waals surface area contributed by atoms with Crippen LogP contribution in [0.3, 0.4) is 0 Å². The lowest BCUT2D eigenvalue weighted by Gasteiger charge is -2.11. The van der Waals surface area contributed by atoms with Gasteiger partial charge in [0.1, 0.15) is 18.1 Å². The van der Waals surface area contributed by atoms with Crippen molar-refractivity contribution in [3.05, 3.63) is 0 Å². The maximum absolute atomic E-state index is 10.2. The van der Waals surface area contributed by atoms with Gasteiger partial charge in [0.25, 0.3) is 0 Å². The lowest BCUT2D eigenvalue weighted by atomic mass is 10.0. The standard InChI is InChI=1S/C6H14N2O2.2C6H13NO2/c7-4-2-1-3-5(8)6(9)10;1-4(2)3-5(7)6(8)9;1-3-4(2)5(7)6(8)9/h5H,1-4,7-8H2,(H,9,10);2*4-5H,3,7H2,1-2H3,(H,8,9). The maximum Gasteiger partial charge on any atom is 0.320 e. The van der Waals surface area contributed by atoms with Gasteiger partial charge in [0.2, 0.25) is 0 Å². The van der Waals surface area contributed by atoms with Crippen LogP contribution in [0.15, 0.2) is 0 Å². The number of nitrogens with two attached hydrogens (primary N) is 4. The fourth-order valence-corrected chi connectivity index (χ4v) is 1.74. The number of aliphatic carboxylic acids is 3. The molecule has 0 fully saturated rings. The molecule has 0 saturated heterocycles. The van der Waals surface area contributed by atoms with E-state index >= 15 is 0 Å². The first kappa shape index (κ1) is 31.0. The smallest absolute Gasteiger partial charge is 0.320 e. The molecule has 0 bridgehead atoms. The molecule has 0 radical (unpaired) electrons. The summed E-state index contributed by atoms with van der Waals surface area (Å²) >= 11 is 0. The van der Waals surface area contributed by atoms with E-state index in [1.807, 2.05) is 27.7 Å². The third-order valence-corrected chi connectivity index (χ3v) is 3.87. The fraction of sp³-hybridized carbons (Fsp3) is 0.833. The molecule has 0 aliphatic rings. The summed E-state index contributed by atoms with van der Waals surface area (Å²) in [5, 5.41) is 25.0. The van der Waals surface area contributed by atoms with E-state index in [-0.39, 0.29) is 5.92 Å². The number of rotatable bonds is 11. The second-order valence-electron chi connectivity index (χ2n) is 7.05. The molecule has 10 heteroatoms. The summed E-state index contributed by atoms with van der Waals surface area (Å²) in [5.41, 5.74) is 20.9. The molecule has 28 heavy (non-hydrogen) atoms. The van der Waals surface area contributed by atoms with Crippen LogP contribution < -0.4 is 22.9 Å². The van der Waals surface area contributed by atoms with Crippen molar-refractivity contribution < 1.29 is 29.7 Å². The number of carbonyl (C=O) groups is 3. The lowest BCUT2D eigenvalue weighted by molar-refractivity contribution is -0.140. The molecule has 0 saturated carbocycles. The van der Waals surface area contributed by atoms with E-state index in [2.05, 4.69) is 0 Å².